The summed E-state index contributed by atoms with van der Waals surface area (Å²) in [6.07, 6.45) is 2.44. The third-order valence-corrected chi connectivity index (χ3v) is 8.10. The van der Waals surface area contributed by atoms with Crippen LogP contribution in [-0.2, 0) is 23.1 Å². The zero-order valence-corrected chi connectivity index (χ0v) is 22.9. The second kappa shape index (κ2) is 9.50. The van der Waals surface area contributed by atoms with Crippen LogP contribution >= 0.6 is 0 Å². The van der Waals surface area contributed by atoms with Gasteiger partial charge in [0.1, 0.15) is 23.3 Å². The maximum Gasteiger partial charge on any atom is 0.435 e. The Labute approximate surface area is 238 Å². The monoisotopic (exact) mass is 577 g/mol. The third kappa shape index (κ3) is 4.34. The molecule has 0 N–H and O–H groups in total. The lowest BCUT2D eigenvalue weighted by atomic mass is 9.74. The van der Waals surface area contributed by atoms with Gasteiger partial charge in [0.2, 0.25) is 5.88 Å². The highest BCUT2D eigenvalue weighted by Crippen LogP contribution is 2.52. The molecule has 1 aromatic carbocycles. The van der Waals surface area contributed by atoms with Crippen LogP contribution in [0.1, 0.15) is 66.2 Å². The second-order valence-electron chi connectivity index (χ2n) is 10.9. The van der Waals surface area contributed by atoms with Crippen molar-refractivity contribution in [1.82, 2.24) is 29.7 Å². The van der Waals surface area contributed by atoms with Crippen LogP contribution < -0.4 is 9.64 Å². The number of methoxy groups -OCH3 is 1. The Morgan fingerprint density at radius 3 is 2.50 bits per heavy atom. The lowest BCUT2D eigenvalue weighted by Gasteiger charge is -2.46. The smallest absolute Gasteiger partial charge is 0.435 e. The summed E-state index contributed by atoms with van der Waals surface area (Å²) in [7, 11) is 1.53. The van der Waals surface area contributed by atoms with E-state index in [1.54, 1.807) is 37.4 Å². The number of fused-ring (bicyclic) bond motifs is 2. The lowest BCUT2D eigenvalue weighted by Crippen LogP contribution is -2.49. The van der Waals surface area contributed by atoms with Gasteiger partial charge < -0.3 is 9.47 Å². The predicted octanol–water partition coefficient (Wildman–Crippen LogP) is 5.87. The predicted molar refractivity (Wildman–Crippen MR) is 143 cm³/mol. The van der Waals surface area contributed by atoms with Crippen LogP contribution in [0.4, 0.5) is 23.8 Å². The Hall–Kier alpha value is -4.55. The van der Waals surface area contributed by atoms with Crippen molar-refractivity contribution in [2.24, 2.45) is 0 Å². The Kier molecular flexibility index (Phi) is 5.96. The molecule has 0 atom stereocenters. The van der Waals surface area contributed by atoms with E-state index in [0.717, 1.165) is 42.1 Å². The van der Waals surface area contributed by atoms with Gasteiger partial charge in [-0.15, -0.1) is 0 Å². The SMILES string of the molecule is COc1ncnc(C2CC2)c1-c1ncc2c(n1)N(Cc1ccc(-n3nc(C(F)(F)F)cc3C)cc1)C(=O)OC21CCC1. The van der Waals surface area contributed by atoms with E-state index in [2.05, 4.69) is 20.1 Å². The molecule has 0 bridgehead atoms. The number of nitrogens with zero attached hydrogens (tertiary/aromatic N) is 7. The first-order valence-electron chi connectivity index (χ1n) is 13.7. The fraction of sp³-hybridized carbons (Fsp3) is 0.379. The molecular formula is C29H26F3N7O3. The first-order chi connectivity index (χ1) is 20.2. The maximum absolute atomic E-state index is 13.4. The van der Waals surface area contributed by atoms with Gasteiger partial charge in [-0.25, -0.2) is 29.4 Å². The minimum absolute atomic E-state index is 0.127. The summed E-state index contributed by atoms with van der Waals surface area (Å²) in [6.45, 7) is 1.69. The summed E-state index contributed by atoms with van der Waals surface area (Å²) in [5, 5.41) is 3.72. The van der Waals surface area contributed by atoms with Crippen molar-refractivity contribution >= 4 is 11.9 Å². The number of amides is 1. The molecule has 2 fully saturated rings. The topological polar surface area (TPSA) is 108 Å². The standard InChI is InChI=1S/C29H26F3N7O3/c1-16-12-21(29(30,31)32)37-39(16)19-8-4-17(5-9-19)14-38-25-20(28(10-3-11-28)42-27(38)40)13-33-24(36-25)22-23(18-6-7-18)34-15-35-26(22)41-2/h4-5,8-9,12-13,15,18H,3,6-7,10-11,14H2,1-2H3. The van der Waals surface area contributed by atoms with Crippen molar-refractivity contribution in [3.8, 4) is 23.0 Å². The molecule has 10 nitrogen and oxygen atoms in total. The fourth-order valence-electron chi connectivity index (χ4n) is 5.61. The van der Waals surface area contributed by atoms with Gasteiger partial charge in [-0.05, 0) is 62.8 Å². The third-order valence-electron chi connectivity index (χ3n) is 8.10. The van der Waals surface area contributed by atoms with E-state index >= 15 is 0 Å². The Morgan fingerprint density at radius 1 is 1.12 bits per heavy atom. The summed E-state index contributed by atoms with van der Waals surface area (Å²) >= 11 is 0. The van der Waals surface area contributed by atoms with Gasteiger partial charge in [0.15, 0.2) is 11.5 Å². The average molecular weight is 578 g/mol. The van der Waals surface area contributed by atoms with Crippen LogP contribution in [0, 0.1) is 6.92 Å². The van der Waals surface area contributed by atoms with Crippen LogP contribution in [0.5, 0.6) is 5.88 Å². The molecule has 3 aromatic heterocycles. The van der Waals surface area contributed by atoms with Gasteiger partial charge in [0, 0.05) is 17.8 Å². The molecule has 13 heteroatoms. The molecule has 216 valence electrons. The summed E-state index contributed by atoms with van der Waals surface area (Å²) in [4.78, 5) is 33.3. The molecule has 0 unspecified atom stereocenters. The molecule has 3 aliphatic rings. The minimum atomic E-state index is -4.54. The van der Waals surface area contributed by atoms with Crippen molar-refractivity contribution < 1.29 is 27.4 Å². The van der Waals surface area contributed by atoms with E-state index < -0.39 is 23.6 Å². The number of benzene rings is 1. The average Bonchev–Trinajstić information content (AvgIpc) is 3.73. The Balaban J connectivity index is 1.25. The molecule has 42 heavy (non-hydrogen) atoms. The van der Waals surface area contributed by atoms with E-state index in [-0.39, 0.29) is 12.5 Å². The van der Waals surface area contributed by atoms with Gasteiger partial charge in [-0.2, -0.15) is 18.3 Å². The highest BCUT2D eigenvalue weighted by atomic mass is 19.4. The molecule has 1 spiro atoms. The van der Waals surface area contributed by atoms with Gasteiger partial charge in [0.25, 0.3) is 0 Å². The second-order valence-corrected chi connectivity index (χ2v) is 10.9. The molecule has 4 heterocycles. The molecule has 4 aromatic rings. The quantitative estimate of drug-likeness (QED) is 0.280. The first kappa shape index (κ1) is 26.4. The number of aryl methyl sites for hydroxylation is 1. The van der Waals surface area contributed by atoms with Crippen molar-refractivity contribution in [3.05, 3.63) is 71.1 Å². The van der Waals surface area contributed by atoms with Crippen molar-refractivity contribution in [2.45, 2.75) is 63.3 Å². The van der Waals surface area contributed by atoms with E-state index in [4.69, 9.17) is 14.5 Å². The fourth-order valence-corrected chi connectivity index (χ4v) is 5.61. The van der Waals surface area contributed by atoms with Crippen LogP contribution in [-0.4, -0.2) is 42.9 Å². The number of rotatable bonds is 6. The van der Waals surface area contributed by atoms with Gasteiger partial charge in [-0.3, -0.25) is 4.90 Å². The van der Waals surface area contributed by atoms with Gasteiger partial charge >= 0.3 is 12.3 Å². The molecule has 0 saturated heterocycles. The number of carbonyl (C=O) groups excluding carboxylic acids is 1. The van der Waals surface area contributed by atoms with Crippen molar-refractivity contribution in [2.75, 3.05) is 12.0 Å². The number of hydrogen-bond donors (Lipinski definition) is 0. The molecular weight excluding hydrogens is 551 g/mol. The van der Waals surface area contributed by atoms with E-state index in [0.29, 0.717) is 47.3 Å². The van der Waals surface area contributed by atoms with E-state index in [9.17, 15) is 18.0 Å². The number of ether oxygens (including phenoxy) is 2. The van der Waals surface area contributed by atoms with E-state index in [1.807, 2.05) is 0 Å². The van der Waals surface area contributed by atoms with Crippen molar-refractivity contribution in [3.63, 3.8) is 0 Å². The Bertz CT molecular complexity index is 1700. The number of halogens is 3. The van der Waals surface area contributed by atoms with Gasteiger partial charge in [-0.1, -0.05) is 12.1 Å². The molecule has 0 radical (unpaired) electrons. The molecule has 7 rings (SSSR count). The van der Waals surface area contributed by atoms with Crippen molar-refractivity contribution in [1.29, 1.82) is 0 Å². The molecule has 2 aliphatic carbocycles. The van der Waals surface area contributed by atoms with Crippen LogP contribution in [0.25, 0.3) is 17.1 Å². The summed E-state index contributed by atoms with van der Waals surface area (Å²) in [6, 6.07) is 7.82. The number of hydrogen-bond acceptors (Lipinski definition) is 8. The maximum atomic E-state index is 13.4. The van der Waals surface area contributed by atoms with Crippen LogP contribution in [0.3, 0.4) is 0 Å². The van der Waals surface area contributed by atoms with Gasteiger partial charge in [0.05, 0.1) is 30.6 Å². The highest BCUT2D eigenvalue weighted by molar-refractivity contribution is 5.90. The summed E-state index contributed by atoms with van der Waals surface area (Å²) in [5.41, 5.74) is 2.01. The zero-order chi connectivity index (χ0) is 29.2. The number of carbonyl (C=O) groups is 1. The largest absolute Gasteiger partial charge is 0.480 e. The highest BCUT2D eigenvalue weighted by Gasteiger charge is 2.50. The number of aromatic nitrogens is 6. The molecule has 1 aliphatic heterocycles. The first-order valence-corrected chi connectivity index (χ1v) is 13.7. The van der Waals surface area contributed by atoms with Crippen LogP contribution in [0.15, 0.2) is 42.9 Å². The number of alkyl halides is 3. The Morgan fingerprint density at radius 2 is 1.88 bits per heavy atom. The lowest BCUT2D eigenvalue weighted by molar-refractivity contribution is -0.141. The molecule has 1 amide bonds. The summed E-state index contributed by atoms with van der Waals surface area (Å²) in [5.74, 6) is 1.46. The summed E-state index contributed by atoms with van der Waals surface area (Å²) < 4.78 is 52.2. The normalized spacial score (nSPS) is 17.5. The van der Waals surface area contributed by atoms with E-state index in [1.165, 1.54) is 23.0 Å². The molecule has 2 saturated carbocycles. The van der Waals surface area contributed by atoms with Crippen LogP contribution in [0.2, 0.25) is 0 Å². The number of anilines is 1. The zero-order valence-electron chi connectivity index (χ0n) is 22.9. The minimum Gasteiger partial charge on any atom is -0.480 e.